The standard InChI is InChI=1S/C24H28FN3O/c1-27-17-22(20-6-2-3-7-23(20)27)21(18-8-10-19(25)11-9-18)16-24(29)26-12-15-28-13-4-5-14-28/h2-3,6-11,17,21H,4-5,12-16H2,1H3,(H,26,29)/t21-/m1/s1. The number of rotatable bonds is 7. The highest BCUT2D eigenvalue weighted by atomic mass is 19.1. The number of hydrogen-bond donors (Lipinski definition) is 1. The van der Waals surface area contributed by atoms with Gasteiger partial charge in [0.25, 0.3) is 0 Å². The summed E-state index contributed by atoms with van der Waals surface area (Å²) in [6.07, 6.45) is 4.94. The zero-order valence-corrected chi connectivity index (χ0v) is 16.9. The van der Waals surface area contributed by atoms with Crippen LogP contribution in [-0.2, 0) is 11.8 Å². The molecule has 1 fully saturated rings. The lowest BCUT2D eigenvalue weighted by Gasteiger charge is -2.19. The van der Waals surface area contributed by atoms with E-state index in [0.29, 0.717) is 13.0 Å². The van der Waals surface area contributed by atoms with E-state index in [0.717, 1.165) is 41.7 Å². The molecule has 0 unspecified atom stereocenters. The van der Waals surface area contributed by atoms with Gasteiger partial charge < -0.3 is 14.8 Å². The lowest BCUT2D eigenvalue weighted by Crippen LogP contribution is -2.34. The smallest absolute Gasteiger partial charge is 0.220 e. The summed E-state index contributed by atoms with van der Waals surface area (Å²) in [5.74, 6) is -0.347. The summed E-state index contributed by atoms with van der Waals surface area (Å²) < 4.78 is 15.6. The van der Waals surface area contributed by atoms with Crippen molar-refractivity contribution in [2.75, 3.05) is 26.2 Å². The summed E-state index contributed by atoms with van der Waals surface area (Å²) in [6, 6.07) is 14.7. The summed E-state index contributed by atoms with van der Waals surface area (Å²) >= 11 is 0. The van der Waals surface area contributed by atoms with Crippen molar-refractivity contribution in [1.29, 1.82) is 0 Å². The first-order chi connectivity index (χ1) is 14.1. The number of halogens is 1. The van der Waals surface area contributed by atoms with Crippen molar-refractivity contribution in [3.05, 3.63) is 71.7 Å². The predicted molar refractivity (Wildman–Crippen MR) is 114 cm³/mol. The Hall–Kier alpha value is -2.66. The Morgan fingerprint density at radius 1 is 1.10 bits per heavy atom. The molecule has 0 saturated carbocycles. The fourth-order valence-corrected chi connectivity index (χ4v) is 4.37. The molecule has 1 aliphatic heterocycles. The number of likely N-dealkylation sites (tertiary alicyclic amines) is 1. The topological polar surface area (TPSA) is 37.3 Å². The van der Waals surface area contributed by atoms with Gasteiger partial charge in [0.05, 0.1) is 0 Å². The molecule has 5 heteroatoms. The molecule has 3 aromatic rings. The van der Waals surface area contributed by atoms with Crippen LogP contribution in [0.3, 0.4) is 0 Å². The summed E-state index contributed by atoms with van der Waals surface area (Å²) in [5, 5.41) is 4.22. The van der Waals surface area contributed by atoms with Crippen molar-refractivity contribution in [2.45, 2.75) is 25.2 Å². The Labute approximate surface area is 171 Å². The minimum absolute atomic E-state index is 0.0338. The minimum atomic E-state index is -0.263. The van der Waals surface area contributed by atoms with Crippen LogP contribution in [0.15, 0.2) is 54.7 Å². The molecule has 0 aliphatic carbocycles. The van der Waals surface area contributed by atoms with Crippen molar-refractivity contribution < 1.29 is 9.18 Å². The lowest BCUT2D eigenvalue weighted by molar-refractivity contribution is -0.121. The average molecular weight is 394 g/mol. The second-order valence-corrected chi connectivity index (χ2v) is 7.92. The van der Waals surface area contributed by atoms with Gasteiger partial charge in [0.1, 0.15) is 5.82 Å². The van der Waals surface area contributed by atoms with Crippen molar-refractivity contribution in [1.82, 2.24) is 14.8 Å². The first kappa shape index (κ1) is 19.6. The summed E-state index contributed by atoms with van der Waals surface area (Å²) in [4.78, 5) is 15.2. The number of amides is 1. The first-order valence-corrected chi connectivity index (χ1v) is 10.4. The van der Waals surface area contributed by atoms with Gasteiger partial charge in [-0.1, -0.05) is 30.3 Å². The highest BCUT2D eigenvalue weighted by molar-refractivity contribution is 5.86. The molecule has 0 radical (unpaired) electrons. The van der Waals surface area contributed by atoms with Gasteiger partial charge in [0.15, 0.2) is 0 Å². The second-order valence-electron chi connectivity index (χ2n) is 7.92. The van der Waals surface area contributed by atoms with E-state index in [1.54, 1.807) is 12.1 Å². The molecule has 1 saturated heterocycles. The monoisotopic (exact) mass is 393 g/mol. The molecule has 1 amide bonds. The highest BCUT2D eigenvalue weighted by Gasteiger charge is 2.22. The minimum Gasteiger partial charge on any atom is -0.355 e. The van der Waals surface area contributed by atoms with Crippen molar-refractivity contribution in [2.24, 2.45) is 7.05 Å². The molecule has 4 nitrogen and oxygen atoms in total. The van der Waals surface area contributed by atoms with Crippen molar-refractivity contribution in [3.63, 3.8) is 0 Å². The van der Waals surface area contributed by atoms with Gasteiger partial charge >= 0.3 is 0 Å². The molecule has 4 rings (SSSR count). The number of carbonyl (C=O) groups excluding carboxylic acids is 1. The van der Waals surface area contributed by atoms with Gasteiger partial charge in [-0.25, -0.2) is 4.39 Å². The number of nitrogens with one attached hydrogen (secondary N) is 1. The summed E-state index contributed by atoms with van der Waals surface area (Å²) in [6.45, 7) is 3.83. The number of para-hydroxylation sites is 1. The van der Waals surface area contributed by atoms with E-state index in [1.807, 2.05) is 19.2 Å². The quantitative estimate of drug-likeness (QED) is 0.658. The van der Waals surface area contributed by atoms with Crippen molar-refractivity contribution >= 4 is 16.8 Å². The van der Waals surface area contributed by atoms with Crippen LogP contribution in [0, 0.1) is 5.82 Å². The van der Waals surface area contributed by atoms with Crippen LogP contribution >= 0.6 is 0 Å². The number of nitrogens with zero attached hydrogens (tertiary/aromatic N) is 2. The normalized spacial score (nSPS) is 15.7. The highest BCUT2D eigenvalue weighted by Crippen LogP contribution is 2.34. The van der Waals surface area contributed by atoms with E-state index in [9.17, 15) is 9.18 Å². The van der Waals surface area contributed by atoms with Crippen LogP contribution in [0.1, 0.15) is 36.3 Å². The maximum atomic E-state index is 13.5. The Morgan fingerprint density at radius 3 is 2.59 bits per heavy atom. The molecular formula is C24H28FN3O. The van der Waals surface area contributed by atoms with Crippen LogP contribution in [-0.4, -0.2) is 41.6 Å². The van der Waals surface area contributed by atoms with E-state index in [2.05, 4.69) is 33.1 Å². The average Bonchev–Trinajstić information content (AvgIpc) is 3.35. The molecule has 2 aromatic carbocycles. The molecule has 152 valence electrons. The Balaban J connectivity index is 1.55. The first-order valence-electron chi connectivity index (χ1n) is 10.4. The van der Waals surface area contributed by atoms with Gasteiger partial charge in [-0.05, 0) is 55.3 Å². The fraction of sp³-hybridized carbons (Fsp3) is 0.375. The van der Waals surface area contributed by atoms with Crippen LogP contribution in [0.2, 0.25) is 0 Å². The maximum absolute atomic E-state index is 13.5. The lowest BCUT2D eigenvalue weighted by atomic mass is 9.88. The van der Waals surface area contributed by atoms with Crippen molar-refractivity contribution in [3.8, 4) is 0 Å². The molecule has 1 aliphatic rings. The molecule has 1 aromatic heterocycles. The maximum Gasteiger partial charge on any atom is 0.220 e. The number of benzene rings is 2. The van der Waals surface area contributed by atoms with Crippen LogP contribution in [0.5, 0.6) is 0 Å². The van der Waals surface area contributed by atoms with Crippen LogP contribution in [0.25, 0.3) is 10.9 Å². The van der Waals surface area contributed by atoms with Gasteiger partial charge in [0.2, 0.25) is 5.91 Å². The molecule has 0 spiro atoms. The third-order valence-electron chi connectivity index (χ3n) is 5.91. The van der Waals surface area contributed by atoms with E-state index >= 15 is 0 Å². The zero-order valence-electron chi connectivity index (χ0n) is 16.9. The third kappa shape index (κ3) is 4.51. The van der Waals surface area contributed by atoms with Gasteiger partial charge in [-0.3, -0.25) is 4.79 Å². The Morgan fingerprint density at radius 2 is 1.83 bits per heavy atom. The number of hydrogen-bond acceptors (Lipinski definition) is 2. The number of fused-ring (bicyclic) bond motifs is 1. The van der Waals surface area contributed by atoms with E-state index < -0.39 is 0 Å². The summed E-state index contributed by atoms with van der Waals surface area (Å²) in [5.41, 5.74) is 3.19. The second kappa shape index (κ2) is 8.78. The fourth-order valence-electron chi connectivity index (χ4n) is 4.37. The Bertz CT molecular complexity index is 973. The van der Waals surface area contributed by atoms with Gasteiger partial charge in [-0.15, -0.1) is 0 Å². The number of aryl methyl sites for hydroxylation is 1. The summed E-state index contributed by atoms with van der Waals surface area (Å²) in [7, 11) is 2.02. The molecule has 1 atom stereocenters. The molecule has 29 heavy (non-hydrogen) atoms. The number of carbonyl (C=O) groups is 1. The molecular weight excluding hydrogens is 365 g/mol. The third-order valence-corrected chi connectivity index (χ3v) is 5.91. The van der Waals surface area contributed by atoms with E-state index in [1.165, 1.54) is 25.0 Å². The SMILES string of the molecule is Cn1cc([C@H](CC(=O)NCCN2CCCC2)c2ccc(F)cc2)c2ccccc21. The predicted octanol–water partition coefficient (Wildman–Crippen LogP) is 4.05. The van der Waals surface area contributed by atoms with Crippen LogP contribution < -0.4 is 5.32 Å². The zero-order chi connectivity index (χ0) is 20.2. The van der Waals surface area contributed by atoms with E-state index in [4.69, 9.17) is 0 Å². The molecule has 2 heterocycles. The molecule has 1 N–H and O–H groups in total. The van der Waals surface area contributed by atoms with Gasteiger partial charge in [-0.2, -0.15) is 0 Å². The number of aromatic nitrogens is 1. The van der Waals surface area contributed by atoms with Gasteiger partial charge in [0, 0.05) is 49.6 Å². The van der Waals surface area contributed by atoms with E-state index in [-0.39, 0.29) is 17.6 Å². The van der Waals surface area contributed by atoms with Crippen LogP contribution in [0.4, 0.5) is 4.39 Å². The largest absolute Gasteiger partial charge is 0.355 e. The molecule has 0 bridgehead atoms. The Kier molecular flexibility index (Phi) is 5.95.